The first-order valence-electron chi connectivity index (χ1n) is 6.57. The van der Waals surface area contributed by atoms with Crippen LogP contribution in [0.5, 0.6) is 5.75 Å². The van der Waals surface area contributed by atoms with Crippen molar-refractivity contribution in [3.63, 3.8) is 0 Å². The number of nitrogens with zero attached hydrogens (tertiary/aromatic N) is 3. The van der Waals surface area contributed by atoms with Gasteiger partial charge in [0.1, 0.15) is 10.4 Å². The maximum atomic E-state index is 5.22. The lowest BCUT2D eigenvalue weighted by atomic mass is 10.2. The summed E-state index contributed by atoms with van der Waals surface area (Å²) in [5.41, 5.74) is 3.12. The highest BCUT2D eigenvalue weighted by molar-refractivity contribution is 9.10. The van der Waals surface area contributed by atoms with Gasteiger partial charge in [0, 0.05) is 19.3 Å². The molecule has 0 saturated heterocycles. The number of aromatic nitrogens is 3. The molecule has 2 aromatic heterocycles. The molecule has 0 saturated carbocycles. The number of fused-ring (bicyclic) bond motifs is 1. The standard InChI is InChI=1S/C15H15BrN4O/c1-21-13-4-2-3-11(5-13)6-17-7-12-8-19-15-9-18-14(16)10-20(12)15/h2-5,8-10,17H,6-7H2,1H3. The van der Waals surface area contributed by atoms with E-state index >= 15 is 0 Å². The lowest BCUT2D eigenvalue weighted by molar-refractivity contribution is 0.414. The Morgan fingerprint density at radius 1 is 1.24 bits per heavy atom. The van der Waals surface area contributed by atoms with Gasteiger partial charge in [-0.25, -0.2) is 9.97 Å². The van der Waals surface area contributed by atoms with Gasteiger partial charge in [0.15, 0.2) is 5.65 Å². The minimum absolute atomic E-state index is 0.731. The molecule has 0 fully saturated rings. The average Bonchev–Trinajstić information content (AvgIpc) is 2.90. The number of benzene rings is 1. The summed E-state index contributed by atoms with van der Waals surface area (Å²) < 4.78 is 8.04. The largest absolute Gasteiger partial charge is 0.497 e. The molecule has 0 amide bonds. The van der Waals surface area contributed by atoms with E-state index in [1.54, 1.807) is 13.3 Å². The van der Waals surface area contributed by atoms with Gasteiger partial charge in [0.05, 0.1) is 25.2 Å². The third-order valence-electron chi connectivity index (χ3n) is 3.21. The highest BCUT2D eigenvalue weighted by atomic mass is 79.9. The van der Waals surface area contributed by atoms with Crippen molar-refractivity contribution in [3.05, 3.63) is 58.7 Å². The van der Waals surface area contributed by atoms with Crippen molar-refractivity contribution in [2.24, 2.45) is 0 Å². The molecule has 0 radical (unpaired) electrons. The summed E-state index contributed by atoms with van der Waals surface area (Å²) in [4.78, 5) is 8.50. The molecular weight excluding hydrogens is 332 g/mol. The van der Waals surface area contributed by atoms with E-state index < -0.39 is 0 Å². The Morgan fingerprint density at radius 3 is 3.00 bits per heavy atom. The van der Waals surface area contributed by atoms with E-state index in [9.17, 15) is 0 Å². The maximum absolute atomic E-state index is 5.22. The van der Waals surface area contributed by atoms with Crippen molar-refractivity contribution in [2.45, 2.75) is 13.1 Å². The van der Waals surface area contributed by atoms with Crippen LogP contribution in [0.3, 0.4) is 0 Å². The van der Waals surface area contributed by atoms with E-state index in [4.69, 9.17) is 4.74 Å². The second-order valence-electron chi connectivity index (χ2n) is 4.64. The molecule has 21 heavy (non-hydrogen) atoms. The van der Waals surface area contributed by atoms with Crippen LogP contribution < -0.4 is 10.1 Å². The van der Waals surface area contributed by atoms with Crippen LogP contribution in [0, 0.1) is 0 Å². The van der Waals surface area contributed by atoms with Crippen molar-refractivity contribution in [3.8, 4) is 5.75 Å². The average molecular weight is 347 g/mol. The topological polar surface area (TPSA) is 51.5 Å². The molecule has 0 bridgehead atoms. The Hall–Kier alpha value is -1.92. The number of halogens is 1. The fraction of sp³-hybridized carbons (Fsp3) is 0.200. The van der Waals surface area contributed by atoms with Crippen LogP contribution in [0.15, 0.2) is 47.5 Å². The fourth-order valence-corrected chi connectivity index (χ4v) is 2.47. The first kappa shape index (κ1) is 14.0. The molecule has 6 heteroatoms. The number of rotatable bonds is 5. The molecule has 0 spiro atoms. The van der Waals surface area contributed by atoms with Crippen molar-refractivity contribution < 1.29 is 4.74 Å². The molecule has 5 nitrogen and oxygen atoms in total. The molecule has 1 aromatic carbocycles. The molecule has 0 aliphatic rings. The summed E-state index contributed by atoms with van der Waals surface area (Å²) in [7, 11) is 1.68. The molecule has 3 aromatic rings. The lowest BCUT2D eigenvalue weighted by Gasteiger charge is -2.07. The van der Waals surface area contributed by atoms with Gasteiger partial charge >= 0.3 is 0 Å². The maximum Gasteiger partial charge on any atom is 0.155 e. The Morgan fingerprint density at radius 2 is 2.14 bits per heavy atom. The van der Waals surface area contributed by atoms with Crippen LogP contribution in [-0.4, -0.2) is 21.5 Å². The van der Waals surface area contributed by atoms with Crippen molar-refractivity contribution >= 4 is 21.6 Å². The molecule has 1 N–H and O–H groups in total. The third kappa shape index (κ3) is 3.22. The number of imidazole rings is 1. The van der Waals surface area contributed by atoms with Crippen LogP contribution in [-0.2, 0) is 13.1 Å². The third-order valence-corrected chi connectivity index (χ3v) is 3.62. The summed E-state index contributed by atoms with van der Waals surface area (Å²) in [5, 5.41) is 3.41. The van der Waals surface area contributed by atoms with Crippen molar-refractivity contribution in [1.82, 2.24) is 19.7 Å². The number of nitrogens with one attached hydrogen (secondary N) is 1. The molecule has 0 unspecified atom stereocenters. The van der Waals surface area contributed by atoms with E-state index in [0.717, 1.165) is 34.8 Å². The fourth-order valence-electron chi connectivity index (χ4n) is 2.16. The Bertz CT molecular complexity index is 756. The van der Waals surface area contributed by atoms with Crippen molar-refractivity contribution in [1.29, 1.82) is 0 Å². The van der Waals surface area contributed by atoms with Crippen LogP contribution in [0.2, 0.25) is 0 Å². The number of hydrogen-bond donors (Lipinski definition) is 1. The Balaban J connectivity index is 1.67. The molecule has 0 atom stereocenters. The predicted molar refractivity (Wildman–Crippen MR) is 84.2 cm³/mol. The molecule has 108 valence electrons. The lowest BCUT2D eigenvalue weighted by Crippen LogP contribution is -2.14. The van der Waals surface area contributed by atoms with E-state index in [-0.39, 0.29) is 0 Å². The zero-order chi connectivity index (χ0) is 14.7. The second kappa shape index (κ2) is 6.24. The van der Waals surface area contributed by atoms with Gasteiger partial charge in [-0.2, -0.15) is 0 Å². The van der Waals surface area contributed by atoms with Crippen LogP contribution in [0.1, 0.15) is 11.3 Å². The Labute approximate surface area is 131 Å². The van der Waals surface area contributed by atoms with Crippen LogP contribution in [0.25, 0.3) is 5.65 Å². The van der Waals surface area contributed by atoms with Crippen LogP contribution >= 0.6 is 15.9 Å². The summed E-state index contributed by atoms with van der Waals surface area (Å²) in [5.74, 6) is 0.874. The first-order valence-corrected chi connectivity index (χ1v) is 7.36. The van der Waals surface area contributed by atoms with Gasteiger partial charge < -0.3 is 10.1 Å². The minimum Gasteiger partial charge on any atom is -0.497 e. The highest BCUT2D eigenvalue weighted by Crippen LogP contribution is 2.13. The second-order valence-corrected chi connectivity index (χ2v) is 5.46. The summed E-state index contributed by atoms with van der Waals surface area (Å²) in [6, 6.07) is 8.04. The smallest absolute Gasteiger partial charge is 0.155 e. The van der Waals surface area contributed by atoms with Crippen LogP contribution in [0.4, 0.5) is 0 Å². The van der Waals surface area contributed by atoms with Gasteiger partial charge in [-0.15, -0.1) is 0 Å². The monoisotopic (exact) mass is 346 g/mol. The number of methoxy groups -OCH3 is 1. The zero-order valence-electron chi connectivity index (χ0n) is 11.6. The highest BCUT2D eigenvalue weighted by Gasteiger charge is 2.04. The normalized spacial score (nSPS) is 11.0. The van der Waals surface area contributed by atoms with Gasteiger partial charge in [-0.1, -0.05) is 12.1 Å². The van der Waals surface area contributed by atoms with E-state index in [2.05, 4.69) is 37.3 Å². The van der Waals surface area contributed by atoms with E-state index in [0.29, 0.717) is 0 Å². The first-order chi connectivity index (χ1) is 10.3. The van der Waals surface area contributed by atoms with Gasteiger partial charge in [0.2, 0.25) is 0 Å². The summed E-state index contributed by atoms with van der Waals surface area (Å²) in [6.07, 6.45) is 5.53. The zero-order valence-corrected chi connectivity index (χ0v) is 13.2. The van der Waals surface area contributed by atoms with Crippen molar-refractivity contribution in [2.75, 3.05) is 7.11 Å². The Kier molecular flexibility index (Phi) is 4.17. The SMILES string of the molecule is COc1cccc(CNCc2cnc3cnc(Br)cn23)c1. The van der Waals surface area contributed by atoms with Gasteiger partial charge in [-0.3, -0.25) is 4.40 Å². The van der Waals surface area contributed by atoms with E-state index in [1.807, 2.05) is 35.0 Å². The molecule has 0 aliphatic heterocycles. The predicted octanol–water partition coefficient (Wildman–Crippen LogP) is 2.79. The van der Waals surface area contributed by atoms with E-state index in [1.165, 1.54) is 5.56 Å². The molecule has 2 heterocycles. The minimum atomic E-state index is 0.731. The summed E-state index contributed by atoms with van der Waals surface area (Å²) >= 11 is 3.38. The number of hydrogen-bond acceptors (Lipinski definition) is 4. The summed E-state index contributed by atoms with van der Waals surface area (Å²) in [6.45, 7) is 1.51. The molecule has 3 rings (SSSR count). The molecular formula is C15H15BrN4O. The number of ether oxygens (including phenoxy) is 1. The quantitative estimate of drug-likeness (QED) is 0.771. The van der Waals surface area contributed by atoms with Gasteiger partial charge in [0.25, 0.3) is 0 Å². The van der Waals surface area contributed by atoms with Gasteiger partial charge in [-0.05, 0) is 33.6 Å². The molecule has 0 aliphatic carbocycles.